The van der Waals surface area contributed by atoms with Crippen LogP contribution in [0.4, 0.5) is 0 Å². The number of β-amino-alcohol motifs (C(OH)–C–C–N with tert-alkyl or cyclic N) is 1. The number of carbonyl (C=O) groups is 1. The van der Waals surface area contributed by atoms with Crippen molar-refractivity contribution in [1.82, 2.24) is 4.90 Å². The number of nitrogens with two attached hydrogens (primary N) is 1. The molecule has 1 saturated carbocycles. The van der Waals surface area contributed by atoms with E-state index in [1.165, 1.54) is 6.26 Å². The molecule has 1 aromatic carbocycles. The van der Waals surface area contributed by atoms with Crippen molar-refractivity contribution in [2.45, 2.75) is 61.0 Å². The number of sulfone groups is 1. The van der Waals surface area contributed by atoms with Gasteiger partial charge in [-0.1, -0.05) is 31.4 Å². The number of aliphatic hydroxyl groups is 1. The van der Waals surface area contributed by atoms with Gasteiger partial charge in [-0.2, -0.15) is 0 Å². The molecule has 0 aromatic heterocycles. The molecule has 0 bridgehead atoms. The summed E-state index contributed by atoms with van der Waals surface area (Å²) in [7, 11) is -3.27. The fourth-order valence-corrected chi connectivity index (χ4v) is 5.01. The van der Waals surface area contributed by atoms with Crippen LogP contribution < -0.4 is 5.73 Å². The molecule has 2 fully saturated rings. The number of benzene rings is 1. The lowest BCUT2D eigenvalue weighted by molar-refractivity contribution is -0.142. The van der Waals surface area contributed by atoms with Gasteiger partial charge in [-0.3, -0.25) is 4.79 Å². The summed E-state index contributed by atoms with van der Waals surface area (Å²) in [5, 5.41) is 10.0. The average Bonchev–Trinajstić information content (AvgIpc) is 2.60. The number of hydrogen-bond donors (Lipinski definition) is 2. The van der Waals surface area contributed by atoms with E-state index in [-0.39, 0.29) is 16.8 Å². The Morgan fingerprint density at radius 1 is 1.15 bits per heavy atom. The van der Waals surface area contributed by atoms with Crippen LogP contribution in [0.5, 0.6) is 0 Å². The van der Waals surface area contributed by atoms with Gasteiger partial charge in [-0.05, 0) is 37.0 Å². The second-order valence-corrected chi connectivity index (χ2v) is 9.81. The molecule has 2 atom stereocenters. The standard InChI is InChI=1S/C19H28N2O4S/c1-26(24,25)17-7-5-14(6-8-17)19(9-3-2-4-10-19)18(23)21-12-15(20)11-16(22)13-21/h5-8,15-16,22H,2-4,9-13,20H2,1H3/t15-,16+/m0/s1. The van der Waals surface area contributed by atoms with Crippen molar-refractivity contribution >= 4 is 15.7 Å². The molecule has 1 aliphatic heterocycles. The van der Waals surface area contributed by atoms with E-state index >= 15 is 0 Å². The molecule has 1 saturated heterocycles. The molecule has 3 N–H and O–H groups in total. The zero-order valence-corrected chi connectivity index (χ0v) is 16.0. The van der Waals surface area contributed by atoms with E-state index in [9.17, 15) is 18.3 Å². The number of hydrogen-bond acceptors (Lipinski definition) is 5. The molecule has 1 aromatic rings. The Morgan fingerprint density at radius 3 is 2.31 bits per heavy atom. The Morgan fingerprint density at radius 2 is 1.77 bits per heavy atom. The van der Waals surface area contributed by atoms with Gasteiger partial charge in [0, 0.05) is 25.4 Å². The Bertz CT molecular complexity index is 744. The predicted octanol–water partition coefficient (Wildman–Crippen LogP) is 1.21. The number of amides is 1. The topological polar surface area (TPSA) is 101 Å². The van der Waals surface area contributed by atoms with Crippen LogP contribution in [0.15, 0.2) is 29.2 Å². The molecule has 6 nitrogen and oxygen atoms in total. The van der Waals surface area contributed by atoms with Gasteiger partial charge in [0.1, 0.15) is 0 Å². The third-order valence-corrected chi connectivity index (χ3v) is 6.83. The molecule has 2 aliphatic rings. The molecule has 0 radical (unpaired) electrons. The molecule has 1 heterocycles. The zero-order valence-electron chi connectivity index (χ0n) is 15.2. The van der Waals surface area contributed by atoms with Crippen LogP contribution in [0.2, 0.25) is 0 Å². The van der Waals surface area contributed by atoms with Gasteiger partial charge in [0.2, 0.25) is 5.91 Å². The Hall–Kier alpha value is -1.44. The number of piperidine rings is 1. The van der Waals surface area contributed by atoms with Crippen molar-refractivity contribution in [3.05, 3.63) is 29.8 Å². The maximum atomic E-state index is 13.5. The highest BCUT2D eigenvalue weighted by molar-refractivity contribution is 7.90. The second kappa shape index (κ2) is 7.29. The molecule has 0 unspecified atom stereocenters. The van der Waals surface area contributed by atoms with E-state index in [0.29, 0.717) is 19.5 Å². The molecule has 144 valence electrons. The van der Waals surface area contributed by atoms with E-state index in [2.05, 4.69) is 0 Å². The summed E-state index contributed by atoms with van der Waals surface area (Å²) in [5.41, 5.74) is 6.23. The van der Waals surface area contributed by atoms with Gasteiger partial charge in [0.25, 0.3) is 0 Å². The third-order valence-electron chi connectivity index (χ3n) is 5.70. The number of likely N-dealkylation sites (tertiary alicyclic amines) is 1. The minimum Gasteiger partial charge on any atom is -0.391 e. The summed E-state index contributed by atoms with van der Waals surface area (Å²) < 4.78 is 23.5. The van der Waals surface area contributed by atoms with Crippen LogP contribution in [-0.2, 0) is 20.0 Å². The Balaban J connectivity index is 1.95. The number of rotatable bonds is 3. The average molecular weight is 381 g/mol. The molecule has 3 rings (SSSR count). The number of carbonyl (C=O) groups excluding carboxylic acids is 1. The van der Waals surface area contributed by atoms with Gasteiger partial charge in [0.15, 0.2) is 9.84 Å². The smallest absolute Gasteiger partial charge is 0.233 e. The van der Waals surface area contributed by atoms with Crippen LogP contribution in [-0.4, -0.2) is 55.8 Å². The first-order valence-electron chi connectivity index (χ1n) is 9.26. The lowest BCUT2D eigenvalue weighted by Crippen LogP contribution is -2.57. The lowest BCUT2D eigenvalue weighted by atomic mass is 9.68. The highest BCUT2D eigenvalue weighted by Gasteiger charge is 2.45. The first-order chi connectivity index (χ1) is 12.2. The van der Waals surface area contributed by atoms with E-state index in [1.54, 1.807) is 29.2 Å². The van der Waals surface area contributed by atoms with Crippen LogP contribution in [0.3, 0.4) is 0 Å². The third kappa shape index (κ3) is 3.80. The summed E-state index contributed by atoms with van der Waals surface area (Å²) >= 11 is 0. The van der Waals surface area contributed by atoms with E-state index in [1.807, 2.05) is 0 Å². The second-order valence-electron chi connectivity index (χ2n) is 7.80. The van der Waals surface area contributed by atoms with Gasteiger partial charge in [0.05, 0.1) is 16.4 Å². The van der Waals surface area contributed by atoms with Crippen molar-refractivity contribution in [2.24, 2.45) is 5.73 Å². The molecule has 26 heavy (non-hydrogen) atoms. The van der Waals surface area contributed by atoms with E-state index < -0.39 is 21.4 Å². The quantitative estimate of drug-likeness (QED) is 0.821. The van der Waals surface area contributed by atoms with Gasteiger partial charge in [-0.25, -0.2) is 8.42 Å². The predicted molar refractivity (Wildman–Crippen MR) is 99.5 cm³/mol. The van der Waals surface area contributed by atoms with Gasteiger partial charge >= 0.3 is 0 Å². The van der Waals surface area contributed by atoms with Crippen LogP contribution in [0.25, 0.3) is 0 Å². The van der Waals surface area contributed by atoms with Crippen LogP contribution in [0, 0.1) is 0 Å². The fraction of sp³-hybridized carbons (Fsp3) is 0.632. The molecular weight excluding hydrogens is 352 g/mol. The van der Waals surface area contributed by atoms with Gasteiger partial charge in [-0.15, -0.1) is 0 Å². The Kier molecular flexibility index (Phi) is 5.42. The summed E-state index contributed by atoms with van der Waals surface area (Å²) in [5.74, 6) is 0.0125. The first kappa shape index (κ1) is 19.3. The van der Waals surface area contributed by atoms with Crippen molar-refractivity contribution in [3.8, 4) is 0 Å². The lowest BCUT2D eigenvalue weighted by Gasteiger charge is -2.43. The van der Waals surface area contributed by atoms with Crippen LogP contribution >= 0.6 is 0 Å². The first-order valence-corrected chi connectivity index (χ1v) is 11.2. The number of aliphatic hydroxyl groups excluding tert-OH is 1. The van der Waals surface area contributed by atoms with Crippen molar-refractivity contribution in [3.63, 3.8) is 0 Å². The summed E-state index contributed by atoms with van der Waals surface area (Å²) in [6.45, 7) is 0.773. The summed E-state index contributed by atoms with van der Waals surface area (Å²) in [6, 6.07) is 6.52. The molecule has 7 heteroatoms. The largest absolute Gasteiger partial charge is 0.391 e. The maximum absolute atomic E-state index is 13.5. The van der Waals surface area contributed by atoms with Crippen LogP contribution in [0.1, 0.15) is 44.1 Å². The molecule has 1 aliphatic carbocycles. The molecule has 1 amide bonds. The molecule has 0 spiro atoms. The highest BCUT2D eigenvalue weighted by atomic mass is 32.2. The number of nitrogens with zero attached hydrogens (tertiary/aromatic N) is 1. The molecular formula is C19H28N2O4S. The summed E-state index contributed by atoms with van der Waals surface area (Å²) in [6.07, 6.45) is 5.61. The monoisotopic (exact) mass is 380 g/mol. The van der Waals surface area contributed by atoms with E-state index in [0.717, 1.165) is 37.7 Å². The minimum atomic E-state index is -3.27. The van der Waals surface area contributed by atoms with Crippen molar-refractivity contribution in [2.75, 3.05) is 19.3 Å². The fourth-order valence-electron chi connectivity index (χ4n) is 4.38. The Labute approximate surface area is 155 Å². The summed E-state index contributed by atoms with van der Waals surface area (Å²) in [4.78, 5) is 15.5. The van der Waals surface area contributed by atoms with Gasteiger partial charge < -0.3 is 15.7 Å². The SMILES string of the molecule is CS(=O)(=O)c1ccc(C2(C(=O)N3C[C@@H](N)C[C@@H](O)C3)CCCCC2)cc1. The highest BCUT2D eigenvalue weighted by Crippen LogP contribution is 2.41. The maximum Gasteiger partial charge on any atom is 0.233 e. The minimum absolute atomic E-state index is 0.0125. The van der Waals surface area contributed by atoms with E-state index in [4.69, 9.17) is 5.73 Å². The van der Waals surface area contributed by atoms with Crippen molar-refractivity contribution < 1.29 is 18.3 Å². The zero-order chi connectivity index (χ0) is 18.9. The normalized spacial score (nSPS) is 26.5. The van der Waals surface area contributed by atoms with Crippen molar-refractivity contribution in [1.29, 1.82) is 0 Å².